The maximum Gasteiger partial charge on any atom is 0.229 e. The van der Waals surface area contributed by atoms with Gasteiger partial charge in [-0.15, -0.1) is 0 Å². The van der Waals surface area contributed by atoms with Crippen molar-refractivity contribution in [1.82, 2.24) is 9.47 Å². The number of nitrogens with zero attached hydrogens (tertiary/aromatic N) is 2. The lowest BCUT2D eigenvalue weighted by molar-refractivity contribution is -0.130. The third-order valence-corrected chi connectivity index (χ3v) is 6.90. The number of anilines is 1. The number of nitrogens with one attached hydrogen (secondary N) is 1. The highest BCUT2D eigenvalue weighted by Crippen LogP contribution is 2.32. The lowest BCUT2D eigenvalue weighted by Crippen LogP contribution is -2.38. The fourth-order valence-corrected chi connectivity index (χ4v) is 5.37. The topological polar surface area (TPSA) is 54.3 Å². The van der Waals surface area contributed by atoms with E-state index in [2.05, 4.69) is 53.2 Å². The van der Waals surface area contributed by atoms with Gasteiger partial charge in [-0.05, 0) is 44.0 Å². The minimum atomic E-state index is -0.257. The first-order valence-electron chi connectivity index (χ1n) is 11.3. The van der Waals surface area contributed by atoms with Gasteiger partial charge >= 0.3 is 0 Å². The molecule has 1 N–H and O–H groups in total. The molecular weight excluding hydrogens is 374 g/mol. The van der Waals surface area contributed by atoms with Crippen molar-refractivity contribution in [3.05, 3.63) is 42.5 Å². The van der Waals surface area contributed by atoms with Gasteiger partial charge in [0.2, 0.25) is 11.8 Å². The summed E-state index contributed by atoms with van der Waals surface area (Å²) in [6.45, 7) is 3.61. The number of amides is 2. The molecule has 1 aliphatic carbocycles. The van der Waals surface area contributed by atoms with Crippen LogP contribution in [0.15, 0.2) is 42.5 Å². The number of rotatable bonds is 4. The first-order chi connectivity index (χ1) is 14.7. The molecule has 0 bridgehead atoms. The van der Waals surface area contributed by atoms with Crippen LogP contribution in [0.2, 0.25) is 0 Å². The van der Waals surface area contributed by atoms with E-state index in [9.17, 15) is 9.59 Å². The van der Waals surface area contributed by atoms with Crippen molar-refractivity contribution in [3.63, 3.8) is 0 Å². The number of para-hydroxylation sites is 1. The highest BCUT2D eigenvalue weighted by atomic mass is 16.2. The minimum Gasteiger partial charge on any atom is -0.341 e. The standard InChI is InChI=1S/C25H29N3O2/c1-2-27-22-11-7-6-10-20(22)21-15-18(12-13-23(21)27)26-25(30)17-14-24(29)28(16-17)19-8-4-3-5-9-19/h6-7,10-13,15,17,19H,2-5,8-9,14,16H2,1H3,(H,26,30). The second-order valence-electron chi connectivity index (χ2n) is 8.72. The molecule has 2 aromatic carbocycles. The minimum absolute atomic E-state index is 0.0414. The van der Waals surface area contributed by atoms with E-state index >= 15 is 0 Å². The number of hydrogen-bond donors (Lipinski definition) is 1. The SMILES string of the molecule is CCn1c2ccccc2c2cc(NC(=O)C3CC(=O)N(C4CCCCC4)C3)ccc21. The molecule has 1 unspecified atom stereocenters. The van der Waals surface area contributed by atoms with Gasteiger partial charge in [-0.2, -0.15) is 0 Å². The normalized spacial score (nSPS) is 20.4. The molecule has 2 aliphatic rings. The first-order valence-corrected chi connectivity index (χ1v) is 11.3. The highest BCUT2D eigenvalue weighted by molar-refractivity contribution is 6.10. The van der Waals surface area contributed by atoms with E-state index < -0.39 is 0 Å². The fraction of sp³-hybridized carbons (Fsp3) is 0.440. The van der Waals surface area contributed by atoms with Crippen LogP contribution in [-0.2, 0) is 16.1 Å². The molecule has 1 atom stereocenters. The zero-order chi connectivity index (χ0) is 20.7. The van der Waals surface area contributed by atoms with Crippen molar-refractivity contribution in [2.75, 3.05) is 11.9 Å². The predicted molar refractivity (Wildman–Crippen MR) is 120 cm³/mol. The van der Waals surface area contributed by atoms with Gasteiger partial charge in [-0.25, -0.2) is 0 Å². The Labute approximate surface area is 177 Å². The lowest BCUT2D eigenvalue weighted by Gasteiger charge is -2.31. The Morgan fingerprint density at radius 1 is 1.03 bits per heavy atom. The maximum absolute atomic E-state index is 13.0. The fourth-order valence-electron chi connectivity index (χ4n) is 5.37. The molecule has 1 saturated heterocycles. The molecule has 156 valence electrons. The molecule has 2 amide bonds. The maximum atomic E-state index is 13.0. The van der Waals surface area contributed by atoms with Crippen molar-refractivity contribution in [3.8, 4) is 0 Å². The van der Waals surface area contributed by atoms with Crippen molar-refractivity contribution < 1.29 is 9.59 Å². The summed E-state index contributed by atoms with van der Waals surface area (Å²) < 4.78 is 2.30. The molecule has 2 heterocycles. The molecule has 0 radical (unpaired) electrons. The Bertz CT molecular complexity index is 1110. The number of carbonyl (C=O) groups excluding carboxylic acids is 2. The van der Waals surface area contributed by atoms with Crippen LogP contribution in [0, 0.1) is 5.92 Å². The number of likely N-dealkylation sites (tertiary alicyclic amines) is 1. The van der Waals surface area contributed by atoms with E-state index in [0.717, 1.165) is 30.5 Å². The van der Waals surface area contributed by atoms with E-state index in [4.69, 9.17) is 0 Å². The summed E-state index contributed by atoms with van der Waals surface area (Å²) >= 11 is 0. The van der Waals surface area contributed by atoms with Crippen LogP contribution in [0.3, 0.4) is 0 Å². The number of hydrogen-bond acceptors (Lipinski definition) is 2. The molecular formula is C25H29N3O2. The zero-order valence-electron chi connectivity index (χ0n) is 17.6. The van der Waals surface area contributed by atoms with Gasteiger partial charge in [-0.1, -0.05) is 37.5 Å². The van der Waals surface area contributed by atoms with Gasteiger partial charge < -0.3 is 14.8 Å². The average molecular weight is 404 g/mol. The smallest absolute Gasteiger partial charge is 0.229 e. The molecule has 0 spiro atoms. The summed E-state index contributed by atoms with van der Waals surface area (Å²) in [7, 11) is 0. The molecule has 1 aliphatic heterocycles. The Morgan fingerprint density at radius 2 is 1.80 bits per heavy atom. The van der Waals surface area contributed by atoms with Crippen molar-refractivity contribution in [2.45, 2.75) is 58.0 Å². The average Bonchev–Trinajstić information content (AvgIpc) is 3.32. The second kappa shape index (κ2) is 7.78. The van der Waals surface area contributed by atoms with Crippen LogP contribution >= 0.6 is 0 Å². The Hall–Kier alpha value is -2.82. The molecule has 30 heavy (non-hydrogen) atoms. The van der Waals surface area contributed by atoms with Crippen LogP contribution < -0.4 is 5.32 Å². The van der Waals surface area contributed by atoms with E-state index in [1.165, 1.54) is 35.7 Å². The molecule has 3 aromatic rings. The van der Waals surface area contributed by atoms with Gasteiger partial charge in [0.1, 0.15) is 0 Å². The van der Waals surface area contributed by atoms with E-state index in [1.54, 1.807) is 0 Å². The van der Waals surface area contributed by atoms with Crippen LogP contribution in [0.1, 0.15) is 45.4 Å². The van der Waals surface area contributed by atoms with Gasteiger partial charge in [0.25, 0.3) is 0 Å². The summed E-state index contributed by atoms with van der Waals surface area (Å²) in [5.74, 6) is -0.157. The van der Waals surface area contributed by atoms with Gasteiger partial charge in [0, 0.05) is 53.0 Å². The van der Waals surface area contributed by atoms with Crippen molar-refractivity contribution in [1.29, 1.82) is 0 Å². The van der Waals surface area contributed by atoms with Crippen LogP contribution in [-0.4, -0.2) is 33.9 Å². The van der Waals surface area contributed by atoms with Gasteiger partial charge in [0.05, 0.1) is 5.92 Å². The van der Waals surface area contributed by atoms with E-state index in [1.807, 2.05) is 11.0 Å². The summed E-state index contributed by atoms with van der Waals surface area (Å²) in [5.41, 5.74) is 3.19. The monoisotopic (exact) mass is 403 g/mol. The summed E-state index contributed by atoms with van der Waals surface area (Å²) in [5, 5.41) is 5.43. The molecule has 5 heteroatoms. The van der Waals surface area contributed by atoms with E-state index in [0.29, 0.717) is 19.0 Å². The second-order valence-corrected chi connectivity index (χ2v) is 8.72. The van der Waals surface area contributed by atoms with Crippen molar-refractivity contribution >= 4 is 39.3 Å². The molecule has 5 rings (SSSR count). The quantitative estimate of drug-likeness (QED) is 0.671. The number of aromatic nitrogens is 1. The van der Waals surface area contributed by atoms with Crippen LogP contribution in [0.5, 0.6) is 0 Å². The Kier molecular flexibility index (Phi) is 4.97. The third-order valence-electron chi connectivity index (χ3n) is 6.90. The molecule has 2 fully saturated rings. The number of carbonyl (C=O) groups is 2. The zero-order valence-corrected chi connectivity index (χ0v) is 17.6. The third kappa shape index (κ3) is 3.26. The van der Waals surface area contributed by atoms with Crippen molar-refractivity contribution in [2.24, 2.45) is 5.92 Å². The number of aryl methyl sites for hydroxylation is 1. The van der Waals surface area contributed by atoms with Crippen LogP contribution in [0.4, 0.5) is 5.69 Å². The predicted octanol–water partition coefficient (Wildman–Crippen LogP) is 4.93. The summed E-state index contributed by atoms with van der Waals surface area (Å²) in [4.78, 5) is 27.5. The van der Waals surface area contributed by atoms with E-state index in [-0.39, 0.29) is 17.7 Å². The molecule has 1 saturated carbocycles. The molecule has 1 aromatic heterocycles. The summed E-state index contributed by atoms with van der Waals surface area (Å²) in [6, 6.07) is 14.8. The Morgan fingerprint density at radius 3 is 2.60 bits per heavy atom. The Balaban J connectivity index is 1.36. The summed E-state index contributed by atoms with van der Waals surface area (Å²) in [6.07, 6.45) is 6.14. The van der Waals surface area contributed by atoms with Gasteiger partial charge in [-0.3, -0.25) is 9.59 Å². The highest BCUT2D eigenvalue weighted by Gasteiger charge is 2.38. The first kappa shape index (κ1) is 19.2. The van der Waals surface area contributed by atoms with Gasteiger partial charge in [0.15, 0.2) is 0 Å². The largest absolute Gasteiger partial charge is 0.341 e. The van der Waals surface area contributed by atoms with Crippen LogP contribution in [0.25, 0.3) is 21.8 Å². The number of benzene rings is 2. The molecule has 5 nitrogen and oxygen atoms in total. The number of fused-ring (bicyclic) bond motifs is 3. The lowest BCUT2D eigenvalue weighted by atomic mass is 9.94.